The lowest BCUT2D eigenvalue weighted by Crippen LogP contribution is -2.06. The molecule has 0 amide bonds. The summed E-state index contributed by atoms with van der Waals surface area (Å²) in [6.07, 6.45) is 0.874. The van der Waals surface area contributed by atoms with Crippen LogP contribution in [0.25, 0.3) is 28.1 Å². The summed E-state index contributed by atoms with van der Waals surface area (Å²) in [4.78, 5) is 10.9. The molecule has 0 fully saturated rings. The first-order valence-electron chi connectivity index (χ1n) is 9.89. The summed E-state index contributed by atoms with van der Waals surface area (Å²) < 4.78 is 1.81. The van der Waals surface area contributed by atoms with E-state index in [0.717, 1.165) is 52.4 Å². The van der Waals surface area contributed by atoms with Crippen molar-refractivity contribution < 1.29 is 4.92 Å². The highest BCUT2D eigenvalue weighted by Gasteiger charge is 2.25. The first kappa shape index (κ1) is 18.1. The highest BCUT2D eigenvalue weighted by atomic mass is 16.6. The van der Waals surface area contributed by atoms with Gasteiger partial charge in [0.05, 0.1) is 16.3 Å². The Hall–Kier alpha value is -3.93. The molecule has 1 aliphatic rings. The van der Waals surface area contributed by atoms with Crippen LogP contribution in [0.5, 0.6) is 0 Å². The smallest absolute Gasteiger partial charge is 0.271 e. The highest BCUT2D eigenvalue weighted by Crippen LogP contribution is 2.36. The Morgan fingerprint density at radius 3 is 2.40 bits per heavy atom. The van der Waals surface area contributed by atoms with E-state index < -0.39 is 0 Å². The number of non-ortho nitro benzene ring substituents is 1. The number of fused-ring (bicyclic) bond motifs is 1. The van der Waals surface area contributed by atoms with E-state index in [0.29, 0.717) is 0 Å². The normalized spacial score (nSPS) is 12.4. The van der Waals surface area contributed by atoms with Crippen molar-refractivity contribution in [1.29, 1.82) is 0 Å². The number of nitrogens with one attached hydrogen (secondary N) is 1. The zero-order chi connectivity index (χ0) is 20.7. The molecule has 6 heteroatoms. The Bertz CT molecular complexity index is 1240. The molecule has 0 saturated carbocycles. The van der Waals surface area contributed by atoms with Gasteiger partial charge in [-0.05, 0) is 30.0 Å². The Morgan fingerprint density at radius 2 is 1.67 bits per heavy atom. The lowest BCUT2D eigenvalue weighted by molar-refractivity contribution is -0.384. The topological polar surface area (TPSA) is 73.0 Å². The van der Waals surface area contributed by atoms with Crippen molar-refractivity contribution in [3.63, 3.8) is 0 Å². The molecule has 30 heavy (non-hydrogen) atoms. The molecule has 5 rings (SSSR count). The van der Waals surface area contributed by atoms with E-state index in [4.69, 9.17) is 5.10 Å². The van der Waals surface area contributed by atoms with Gasteiger partial charge in [0.1, 0.15) is 5.82 Å². The maximum Gasteiger partial charge on any atom is 0.271 e. The second-order valence-corrected chi connectivity index (χ2v) is 7.44. The van der Waals surface area contributed by atoms with E-state index in [9.17, 15) is 10.1 Å². The number of anilines is 1. The minimum Gasteiger partial charge on any atom is -0.369 e. The molecule has 4 aromatic rings. The number of rotatable bonds is 4. The van der Waals surface area contributed by atoms with Crippen LogP contribution in [0.2, 0.25) is 0 Å². The van der Waals surface area contributed by atoms with Crippen molar-refractivity contribution >= 4 is 11.5 Å². The van der Waals surface area contributed by atoms with Gasteiger partial charge in [-0.15, -0.1) is 0 Å². The average Bonchev–Trinajstić information content (AvgIpc) is 3.38. The molecule has 6 nitrogen and oxygen atoms in total. The summed E-state index contributed by atoms with van der Waals surface area (Å²) in [5, 5.41) is 19.5. The van der Waals surface area contributed by atoms with E-state index in [-0.39, 0.29) is 10.6 Å². The zero-order valence-electron chi connectivity index (χ0n) is 16.5. The summed E-state index contributed by atoms with van der Waals surface area (Å²) in [5.41, 5.74) is 7.15. The molecule has 0 bridgehead atoms. The van der Waals surface area contributed by atoms with E-state index in [1.54, 1.807) is 12.1 Å². The third-order valence-corrected chi connectivity index (χ3v) is 5.55. The predicted octanol–water partition coefficient (Wildman–Crippen LogP) is 5.39. The third-order valence-electron chi connectivity index (χ3n) is 5.55. The molecule has 2 heterocycles. The van der Waals surface area contributed by atoms with E-state index in [1.165, 1.54) is 11.6 Å². The van der Waals surface area contributed by atoms with Gasteiger partial charge in [0.25, 0.3) is 5.69 Å². The number of nitro benzene ring substituents is 1. The monoisotopic (exact) mass is 396 g/mol. The van der Waals surface area contributed by atoms with Crippen LogP contribution in [-0.4, -0.2) is 21.2 Å². The number of aromatic nitrogens is 2. The van der Waals surface area contributed by atoms with Crippen molar-refractivity contribution in [1.82, 2.24) is 9.78 Å². The lowest BCUT2D eigenvalue weighted by Gasteiger charge is -2.09. The van der Waals surface area contributed by atoms with Gasteiger partial charge in [-0.25, -0.2) is 4.68 Å². The quantitative estimate of drug-likeness (QED) is 0.371. The lowest BCUT2D eigenvalue weighted by atomic mass is 10.0. The standard InChI is InChI=1S/C24H20N4O2/c1-16-7-12-20(28(29)30)15-22(16)27-24-21(13-14-25-24)23(26-27)19-10-8-18(9-11-19)17-5-3-2-4-6-17/h2-12,15,25H,13-14H2,1H3. The second kappa shape index (κ2) is 7.15. The Kier molecular flexibility index (Phi) is 4.32. The average molecular weight is 396 g/mol. The molecular weight excluding hydrogens is 376 g/mol. The molecule has 3 aromatic carbocycles. The minimum atomic E-state index is -0.372. The number of hydrogen-bond donors (Lipinski definition) is 1. The number of nitro groups is 1. The fourth-order valence-corrected chi connectivity index (χ4v) is 3.97. The van der Waals surface area contributed by atoms with Crippen LogP contribution in [0.4, 0.5) is 11.5 Å². The SMILES string of the molecule is Cc1ccc([N+](=O)[O-])cc1-n1nc(-c2ccc(-c3ccccc3)cc2)c2c1NCC2. The molecule has 0 saturated heterocycles. The summed E-state index contributed by atoms with van der Waals surface area (Å²) in [6, 6.07) is 23.5. The first-order valence-corrected chi connectivity index (χ1v) is 9.89. The van der Waals surface area contributed by atoms with Crippen LogP contribution in [0.3, 0.4) is 0 Å². The Morgan fingerprint density at radius 1 is 0.967 bits per heavy atom. The summed E-state index contributed by atoms with van der Waals surface area (Å²) >= 11 is 0. The molecule has 1 aromatic heterocycles. The van der Waals surface area contributed by atoms with Gasteiger partial charge < -0.3 is 5.32 Å². The first-order chi connectivity index (χ1) is 14.6. The van der Waals surface area contributed by atoms with Gasteiger partial charge in [0.15, 0.2) is 0 Å². The van der Waals surface area contributed by atoms with Crippen LogP contribution in [-0.2, 0) is 6.42 Å². The van der Waals surface area contributed by atoms with Crippen molar-refractivity contribution in [2.45, 2.75) is 13.3 Å². The number of aryl methyl sites for hydroxylation is 1. The molecule has 148 valence electrons. The van der Waals surface area contributed by atoms with Crippen molar-refractivity contribution in [2.24, 2.45) is 0 Å². The summed E-state index contributed by atoms with van der Waals surface area (Å²) in [6.45, 7) is 2.77. The van der Waals surface area contributed by atoms with Gasteiger partial charge >= 0.3 is 0 Å². The van der Waals surface area contributed by atoms with Crippen LogP contribution in [0.1, 0.15) is 11.1 Å². The Balaban J connectivity index is 1.59. The molecular formula is C24H20N4O2. The number of nitrogens with zero attached hydrogens (tertiary/aromatic N) is 3. The van der Waals surface area contributed by atoms with Gasteiger partial charge in [0, 0.05) is 29.8 Å². The van der Waals surface area contributed by atoms with Crippen LogP contribution < -0.4 is 5.32 Å². The molecule has 0 aliphatic carbocycles. The van der Waals surface area contributed by atoms with E-state index >= 15 is 0 Å². The van der Waals surface area contributed by atoms with Crippen molar-refractivity contribution in [2.75, 3.05) is 11.9 Å². The van der Waals surface area contributed by atoms with Gasteiger partial charge in [0.2, 0.25) is 0 Å². The van der Waals surface area contributed by atoms with Crippen LogP contribution in [0.15, 0.2) is 72.8 Å². The molecule has 0 radical (unpaired) electrons. The van der Waals surface area contributed by atoms with E-state index in [1.807, 2.05) is 29.8 Å². The molecule has 0 atom stereocenters. The van der Waals surface area contributed by atoms with Crippen molar-refractivity contribution in [3.8, 4) is 28.1 Å². The maximum absolute atomic E-state index is 11.3. The largest absolute Gasteiger partial charge is 0.369 e. The van der Waals surface area contributed by atoms with Crippen molar-refractivity contribution in [3.05, 3.63) is 94.0 Å². The highest BCUT2D eigenvalue weighted by molar-refractivity contribution is 5.75. The van der Waals surface area contributed by atoms with Gasteiger partial charge in [-0.1, -0.05) is 60.7 Å². The van der Waals surface area contributed by atoms with E-state index in [2.05, 4.69) is 41.7 Å². The third kappa shape index (κ3) is 3.03. The maximum atomic E-state index is 11.3. The second-order valence-electron chi connectivity index (χ2n) is 7.44. The number of benzene rings is 3. The summed E-state index contributed by atoms with van der Waals surface area (Å²) in [7, 11) is 0. The fraction of sp³-hybridized carbons (Fsp3) is 0.125. The molecule has 0 spiro atoms. The zero-order valence-corrected chi connectivity index (χ0v) is 16.5. The molecule has 0 unspecified atom stereocenters. The predicted molar refractivity (Wildman–Crippen MR) is 118 cm³/mol. The Labute approximate surface area is 174 Å². The van der Waals surface area contributed by atoms with Gasteiger partial charge in [-0.3, -0.25) is 10.1 Å². The fourth-order valence-electron chi connectivity index (χ4n) is 3.97. The minimum absolute atomic E-state index is 0.0617. The number of hydrogen-bond acceptors (Lipinski definition) is 4. The van der Waals surface area contributed by atoms with Crippen LogP contribution in [0, 0.1) is 17.0 Å². The molecule has 1 N–H and O–H groups in total. The molecule has 1 aliphatic heterocycles. The summed E-state index contributed by atoms with van der Waals surface area (Å²) in [5.74, 6) is 0.917. The van der Waals surface area contributed by atoms with Crippen LogP contribution >= 0.6 is 0 Å². The van der Waals surface area contributed by atoms with Gasteiger partial charge in [-0.2, -0.15) is 5.10 Å².